The Hall–Kier alpha value is -2.64. The first-order chi connectivity index (χ1) is 9.15. The van der Waals surface area contributed by atoms with Gasteiger partial charge in [0.2, 0.25) is 0 Å². The number of carbonyl (C=O) groups excluding carboxylic acids is 2. The number of phenols is 2. The lowest BCUT2D eigenvalue weighted by molar-refractivity contribution is -0.303. The highest BCUT2D eigenvalue weighted by molar-refractivity contribution is 5.60. The minimum atomic E-state index is -1.08. The topological polar surface area (TPSA) is 139 Å². The summed E-state index contributed by atoms with van der Waals surface area (Å²) in [6.45, 7) is 1.94. The molecular formula is C12H16O8-2. The average Bonchev–Trinajstić information content (AvgIpc) is 2.30. The van der Waals surface area contributed by atoms with E-state index in [-0.39, 0.29) is 23.0 Å². The summed E-state index contributed by atoms with van der Waals surface area (Å²) in [7, 11) is 2.81. The third-order valence-electron chi connectivity index (χ3n) is 1.48. The maximum Gasteiger partial charge on any atom is 0.164 e. The monoisotopic (exact) mass is 288 g/mol. The van der Waals surface area contributed by atoms with E-state index >= 15 is 0 Å². The maximum atomic E-state index is 9.23. The Bertz CT molecular complexity index is 392. The fourth-order valence-corrected chi connectivity index (χ4v) is 0.865. The van der Waals surface area contributed by atoms with E-state index in [1.807, 2.05) is 0 Å². The number of carboxylic acids is 2. The standard InChI is InChI=1S/C8H10O4.2C2H4O2/c1-11-7-3-6(10)8(12-2)4-5(7)9;2*1-2(3)4/h3-4,9-10H,1-2H3;2*1H3,(H,3,4)/p-2. The van der Waals surface area contributed by atoms with Crippen molar-refractivity contribution in [3.05, 3.63) is 12.1 Å². The number of rotatable bonds is 2. The Morgan fingerprint density at radius 2 is 1.10 bits per heavy atom. The number of benzene rings is 1. The van der Waals surface area contributed by atoms with E-state index in [2.05, 4.69) is 0 Å². The van der Waals surface area contributed by atoms with Crippen LogP contribution >= 0.6 is 0 Å². The van der Waals surface area contributed by atoms with Crippen molar-refractivity contribution < 1.29 is 39.5 Å². The molecule has 114 valence electrons. The summed E-state index contributed by atoms with van der Waals surface area (Å²) < 4.78 is 9.52. The van der Waals surface area contributed by atoms with Crippen molar-refractivity contribution in [2.24, 2.45) is 0 Å². The number of aliphatic carboxylic acids is 2. The number of carbonyl (C=O) groups is 2. The third kappa shape index (κ3) is 10.5. The molecule has 2 N–H and O–H groups in total. The van der Waals surface area contributed by atoms with Gasteiger partial charge < -0.3 is 39.5 Å². The van der Waals surface area contributed by atoms with Gasteiger partial charge in [-0.25, -0.2) is 0 Å². The molecule has 0 unspecified atom stereocenters. The number of ether oxygens (including phenoxy) is 2. The minimum absolute atomic E-state index is 0.0628. The van der Waals surface area contributed by atoms with Crippen molar-refractivity contribution in [1.29, 1.82) is 0 Å². The zero-order chi connectivity index (χ0) is 16.3. The molecule has 0 aliphatic carbocycles. The molecule has 0 aromatic heterocycles. The van der Waals surface area contributed by atoms with Crippen LogP contribution in [0.4, 0.5) is 0 Å². The average molecular weight is 288 g/mol. The van der Waals surface area contributed by atoms with E-state index in [1.54, 1.807) is 0 Å². The van der Waals surface area contributed by atoms with E-state index in [9.17, 15) is 10.2 Å². The smallest absolute Gasteiger partial charge is 0.164 e. The molecule has 0 amide bonds. The Labute approximate surface area is 115 Å². The Morgan fingerprint density at radius 3 is 1.25 bits per heavy atom. The molecule has 8 nitrogen and oxygen atoms in total. The molecule has 0 bridgehead atoms. The van der Waals surface area contributed by atoms with Gasteiger partial charge in [0, 0.05) is 24.1 Å². The summed E-state index contributed by atoms with van der Waals surface area (Å²) in [5, 5.41) is 36.2. The first-order valence-electron chi connectivity index (χ1n) is 5.14. The highest BCUT2D eigenvalue weighted by atomic mass is 16.5. The predicted octanol–water partition coefficient (Wildman–Crippen LogP) is -1.37. The van der Waals surface area contributed by atoms with Gasteiger partial charge in [-0.2, -0.15) is 0 Å². The largest absolute Gasteiger partial charge is 0.550 e. The number of methoxy groups -OCH3 is 2. The number of aromatic hydroxyl groups is 2. The lowest BCUT2D eigenvalue weighted by Gasteiger charge is -2.07. The van der Waals surface area contributed by atoms with Crippen LogP contribution in [0.5, 0.6) is 23.0 Å². The lowest BCUT2D eigenvalue weighted by atomic mass is 10.3. The summed E-state index contributed by atoms with van der Waals surface area (Å²) in [5.41, 5.74) is 0. The highest BCUT2D eigenvalue weighted by Gasteiger charge is 2.08. The molecule has 1 aromatic rings. The maximum absolute atomic E-state index is 9.23. The van der Waals surface area contributed by atoms with Gasteiger partial charge in [-0.1, -0.05) is 0 Å². The molecule has 0 heterocycles. The minimum Gasteiger partial charge on any atom is -0.550 e. The van der Waals surface area contributed by atoms with Gasteiger partial charge in [0.1, 0.15) is 0 Å². The van der Waals surface area contributed by atoms with Crippen molar-refractivity contribution in [2.45, 2.75) is 13.8 Å². The van der Waals surface area contributed by atoms with Gasteiger partial charge in [0.25, 0.3) is 0 Å². The molecule has 0 radical (unpaired) electrons. The zero-order valence-corrected chi connectivity index (χ0v) is 11.5. The molecule has 0 aliphatic heterocycles. The normalized spacial score (nSPS) is 8.20. The molecule has 1 rings (SSSR count). The van der Waals surface area contributed by atoms with Gasteiger partial charge in [-0.3, -0.25) is 0 Å². The summed E-state index contributed by atoms with van der Waals surface area (Å²) >= 11 is 0. The number of phenolic OH excluding ortho intramolecular Hbond substituents is 2. The second-order valence-corrected chi connectivity index (χ2v) is 3.18. The van der Waals surface area contributed by atoms with E-state index in [4.69, 9.17) is 29.3 Å². The molecule has 0 saturated heterocycles. The Morgan fingerprint density at radius 1 is 0.900 bits per heavy atom. The number of hydrogen-bond donors (Lipinski definition) is 2. The second-order valence-electron chi connectivity index (χ2n) is 3.18. The van der Waals surface area contributed by atoms with Crippen LogP contribution in [0.3, 0.4) is 0 Å². The molecule has 0 saturated carbocycles. The van der Waals surface area contributed by atoms with Crippen LogP contribution in [0.25, 0.3) is 0 Å². The predicted molar refractivity (Wildman–Crippen MR) is 64.2 cm³/mol. The third-order valence-corrected chi connectivity index (χ3v) is 1.48. The Kier molecular flexibility index (Phi) is 10.1. The van der Waals surface area contributed by atoms with Crippen molar-refractivity contribution in [3.63, 3.8) is 0 Å². The van der Waals surface area contributed by atoms with Crippen LogP contribution in [0, 0.1) is 0 Å². The first-order valence-corrected chi connectivity index (χ1v) is 5.14. The van der Waals surface area contributed by atoms with Gasteiger partial charge in [0.05, 0.1) is 14.2 Å². The Balaban J connectivity index is 0. The highest BCUT2D eigenvalue weighted by Crippen LogP contribution is 2.37. The molecule has 0 fully saturated rings. The molecule has 0 atom stereocenters. The van der Waals surface area contributed by atoms with Crippen molar-refractivity contribution in [1.82, 2.24) is 0 Å². The molecule has 1 aromatic carbocycles. The molecule has 0 spiro atoms. The lowest BCUT2D eigenvalue weighted by Crippen LogP contribution is -2.16. The number of hydrogen-bond acceptors (Lipinski definition) is 8. The van der Waals surface area contributed by atoms with Gasteiger partial charge in [-0.05, 0) is 13.8 Å². The molecule has 8 heteroatoms. The van der Waals surface area contributed by atoms with Gasteiger partial charge in [-0.15, -0.1) is 0 Å². The van der Waals surface area contributed by atoms with Crippen molar-refractivity contribution >= 4 is 11.9 Å². The first kappa shape index (κ1) is 19.7. The van der Waals surface area contributed by atoms with E-state index < -0.39 is 11.9 Å². The summed E-state index contributed by atoms with van der Waals surface area (Å²) in [4.78, 5) is 17.8. The molecular weight excluding hydrogens is 272 g/mol. The van der Waals surface area contributed by atoms with Crippen LogP contribution in [-0.4, -0.2) is 36.4 Å². The molecule has 20 heavy (non-hydrogen) atoms. The van der Waals surface area contributed by atoms with Crippen molar-refractivity contribution in [2.75, 3.05) is 14.2 Å². The fourth-order valence-electron chi connectivity index (χ4n) is 0.865. The quantitative estimate of drug-likeness (QED) is 0.635. The van der Waals surface area contributed by atoms with Gasteiger partial charge in [0.15, 0.2) is 23.0 Å². The van der Waals surface area contributed by atoms with Crippen LogP contribution in [-0.2, 0) is 9.59 Å². The molecule has 0 aliphatic rings. The fraction of sp³-hybridized carbons (Fsp3) is 0.333. The van der Waals surface area contributed by atoms with E-state index in [0.717, 1.165) is 13.8 Å². The van der Waals surface area contributed by atoms with Crippen LogP contribution in [0.15, 0.2) is 12.1 Å². The summed E-state index contributed by atoms with van der Waals surface area (Å²) in [6, 6.07) is 2.57. The zero-order valence-electron chi connectivity index (χ0n) is 11.5. The van der Waals surface area contributed by atoms with Crippen LogP contribution in [0.2, 0.25) is 0 Å². The summed E-state index contributed by atoms with van der Waals surface area (Å²) in [6.07, 6.45) is 0. The SMILES string of the molecule is CC(=O)[O-].CC(=O)[O-].COc1cc(O)c(OC)cc1O. The number of carboxylic acid groups (broad SMARTS) is 2. The van der Waals surface area contributed by atoms with Crippen molar-refractivity contribution in [3.8, 4) is 23.0 Å². The van der Waals surface area contributed by atoms with Crippen LogP contribution in [0.1, 0.15) is 13.8 Å². The van der Waals surface area contributed by atoms with Gasteiger partial charge >= 0.3 is 0 Å². The second kappa shape index (κ2) is 10.3. The van der Waals surface area contributed by atoms with E-state index in [0.29, 0.717) is 0 Å². The van der Waals surface area contributed by atoms with Crippen LogP contribution < -0.4 is 19.7 Å². The summed E-state index contributed by atoms with van der Waals surface area (Å²) in [5.74, 6) is -1.86. The van der Waals surface area contributed by atoms with E-state index in [1.165, 1.54) is 26.4 Å².